The van der Waals surface area contributed by atoms with Crippen LogP contribution in [-0.4, -0.2) is 49.5 Å². The van der Waals surface area contributed by atoms with Gasteiger partial charge in [0.05, 0.1) is 12.3 Å². The first-order valence-corrected chi connectivity index (χ1v) is 10.9. The average molecular weight is 425 g/mol. The minimum atomic E-state index is -4.03. The lowest BCUT2D eigenvalue weighted by atomic mass is 9.82. The number of hydrogen-bond acceptors (Lipinski definition) is 4. The first-order valence-electron chi connectivity index (χ1n) is 9.05. The van der Waals surface area contributed by atoms with Crippen LogP contribution >= 0.6 is 0 Å². The van der Waals surface area contributed by atoms with E-state index in [1.807, 2.05) is 0 Å². The molecule has 1 heterocycles. The second-order valence-corrected chi connectivity index (χ2v) is 8.58. The van der Waals surface area contributed by atoms with E-state index in [2.05, 4.69) is 0 Å². The third-order valence-electron chi connectivity index (χ3n) is 5.01. The van der Waals surface area contributed by atoms with Gasteiger partial charge in [-0.3, -0.25) is 4.18 Å². The van der Waals surface area contributed by atoms with E-state index in [4.69, 9.17) is 4.18 Å². The molecule has 156 valence electrons. The lowest BCUT2D eigenvalue weighted by Gasteiger charge is -2.35. The maximum absolute atomic E-state index is 14.8. The third-order valence-corrected chi connectivity index (χ3v) is 5.59. The Morgan fingerprint density at radius 1 is 1.17 bits per heavy atom. The molecule has 1 aliphatic heterocycles. The van der Waals surface area contributed by atoms with Crippen LogP contribution in [0.25, 0.3) is 0 Å². The Kier molecular flexibility index (Phi) is 6.18. The fraction of sp³-hybridized carbons (Fsp3) is 0.350. The number of hydrogen-bond donors (Lipinski definition) is 1. The summed E-state index contributed by atoms with van der Waals surface area (Å²) < 4.78 is 58.2. The lowest BCUT2D eigenvalue weighted by Crippen LogP contribution is -2.47. The first-order chi connectivity index (χ1) is 13.7. The molecule has 3 atom stereocenters. The molecule has 1 N–H and O–H groups in total. The van der Waals surface area contributed by atoms with Gasteiger partial charge in [-0.2, -0.15) is 8.42 Å². The number of carboxylic acid groups (broad SMARTS) is 1. The summed E-state index contributed by atoms with van der Waals surface area (Å²) in [5.41, 5.74) is 0.393. The number of halogens is 2. The summed E-state index contributed by atoms with van der Waals surface area (Å²) in [4.78, 5) is 12.8. The van der Waals surface area contributed by atoms with Crippen molar-refractivity contribution in [2.75, 3.05) is 12.8 Å². The van der Waals surface area contributed by atoms with Crippen molar-refractivity contribution in [1.82, 2.24) is 4.90 Å². The van der Waals surface area contributed by atoms with Gasteiger partial charge in [-0.15, -0.1) is 0 Å². The molecule has 0 bridgehead atoms. The van der Waals surface area contributed by atoms with Gasteiger partial charge in [-0.25, -0.2) is 13.6 Å². The fourth-order valence-electron chi connectivity index (χ4n) is 3.88. The van der Waals surface area contributed by atoms with Crippen LogP contribution in [0.1, 0.15) is 29.9 Å². The molecule has 0 spiro atoms. The minimum Gasteiger partial charge on any atom is -0.465 e. The van der Waals surface area contributed by atoms with Crippen LogP contribution in [0.3, 0.4) is 0 Å². The van der Waals surface area contributed by atoms with Crippen molar-refractivity contribution in [2.45, 2.75) is 30.9 Å². The van der Waals surface area contributed by atoms with E-state index in [0.717, 1.165) is 17.2 Å². The van der Waals surface area contributed by atoms with Crippen LogP contribution in [0.15, 0.2) is 48.5 Å². The molecule has 3 rings (SSSR count). The third kappa shape index (κ3) is 4.73. The van der Waals surface area contributed by atoms with E-state index in [9.17, 15) is 27.1 Å². The number of rotatable bonds is 6. The zero-order chi connectivity index (χ0) is 21.2. The van der Waals surface area contributed by atoms with Gasteiger partial charge >= 0.3 is 6.09 Å². The molecule has 6 nitrogen and oxygen atoms in total. The SMILES string of the molecule is CS(=O)(=O)O[C@H]([C@H](c1ccccc1)c1cccc(F)c1F)[C@H]1CCCN1C(=O)O. The normalized spacial score (nSPS) is 19.1. The summed E-state index contributed by atoms with van der Waals surface area (Å²) in [5, 5.41) is 9.54. The second-order valence-electron chi connectivity index (χ2n) is 6.98. The van der Waals surface area contributed by atoms with Crippen LogP contribution in [0.5, 0.6) is 0 Å². The highest BCUT2D eigenvalue weighted by Crippen LogP contribution is 2.38. The molecular formula is C20H21F2NO5S. The largest absolute Gasteiger partial charge is 0.465 e. The Bertz CT molecular complexity index is 984. The van der Waals surface area contributed by atoms with E-state index >= 15 is 0 Å². The van der Waals surface area contributed by atoms with Crippen LogP contribution in [0.4, 0.5) is 13.6 Å². The molecule has 0 aliphatic carbocycles. The Labute approximate surface area is 167 Å². The molecule has 1 saturated heterocycles. The zero-order valence-corrected chi connectivity index (χ0v) is 16.5. The van der Waals surface area contributed by atoms with Gasteiger partial charge in [0.2, 0.25) is 0 Å². The summed E-state index contributed by atoms with van der Waals surface area (Å²) in [6, 6.07) is 11.2. The number of benzene rings is 2. The molecule has 0 unspecified atom stereocenters. The van der Waals surface area contributed by atoms with E-state index in [1.165, 1.54) is 12.1 Å². The number of likely N-dealkylation sites (tertiary alicyclic amines) is 1. The van der Waals surface area contributed by atoms with Crippen LogP contribution in [0, 0.1) is 11.6 Å². The van der Waals surface area contributed by atoms with E-state index in [-0.39, 0.29) is 12.1 Å². The van der Waals surface area contributed by atoms with Crippen molar-refractivity contribution in [3.05, 3.63) is 71.3 Å². The summed E-state index contributed by atoms with van der Waals surface area (Å²) in [5.74, 6) is -3.24. The number of amides is 1. The van der Waals surface area contributed by atoms with Gasteiger partial charge in [0.15, 0.2) is 11.6 Å². The molecule has 2 aromatic rings. The molecule has 0 aromatic heterocycles. The molecule has 29 heavy (non-hydrogen) atoms. The maximum atomic E-state index is 14.8. The predicted octanol–water partition coefficient (Wildman–Crippen LogP) is 3.58. The Morgan fingerprint density at radius 3 is 2.48 bits per heavy atom. The van der Waals surface area contributed by atoms with Crippen LogP contribution < -0.4 is 0 Å². The standard InChI is InChI=1S/C20H21F2NO5S/c1-29(26,27)28-19(16-11-6-12-23(16)20(24)25)17(13-7-3-2-4-8-13)14-9-5-10-15(21)18(14)22/h2-5,7-10,16-17,19H,6,11-12H2,1H3,(H,24,25)/t16-,17-,19+/m1/s1. The monoisotopic (exact) mass is 425 g/mol. The average Bonchev–Trinajstić information content (AvgIpc) is 3.14. The Hall–Kier alpha value is -2.52. The van der Waals surface area contributed by atoms with E-state index < -0.39 is 45.9 Å². The van der Waals surface area contributed by atoms with Gasteiger partial charge < -0.3 is 10.0 Å². The summed E-state index contributed by atoms with van der Waals surface area (Å²) in [6.07, 6.45) is -0.784. The highest BCUT2D eigenvalue weighted by Gasteiger charge is 2.43. The highest BCUT2D eigenvalue weighted by molar-refractivity contribution is 7.86. The van der Waals surface area contributed by atoms with Gasteiger partial charge in [-0.1, -0.05) is 42.5 Å². The van der Waals surface area contributed by atoms with Crippen molar-refractivity contribution < 1.29 is 31.3 Å². The van der Waals surface area contributed by atoms with E-state index in [0.29, 0.717) is 18.4 Å². The van der Waals surface area contributed by atoms with Crippen molar-refractivity contribution in [3.8, 4) is 0 Å². The molecule has 1 fully saturated rings. The summed E-state index contributed by atoms with van der Waals surface area (Å²) in [6.45, 7) is 0.205. The molecule has 9 heteroatoms. The van der Waals surface area contributed by atoms with Gasteiger partial charge in [-0.05, 0) is 24.5 Å². The predicted molar refractivity (Wildman–Crippen MR) is 102 cm³/mol. The van der Waals surface area contributed by atoms with E-state index in [1.54, 1.807) is 30.3 Å². The van der Waals surface area contributed by atoms with Crippen molar-refractivity contribution in [1.29, 1.82) is 0 Å². The first kappa shape index (κ1) is 21.2. The Morgan fingerprint density at radius 2 is 1.86 bits per heavy atom. The van der Waals surface area contributed by atoms with Crippen molar-refractivity contribution in [2.24, 2.45) is 0 Å². The molecule has 0 radical (unpaired) electrons. The van der Waals surface area contributed by atoms with Gasteiger partial charge in [0, 0.05) is 18.0 Å². The topological polar surface area (TPSA) is 83.9 Å². The second kappa shape index (κ2) is 8.46. The van der Waals surface area contributed by atoms with Crippen molar-refractivity contribution in [3.63, 3.8) is 0 Å². The van der Waals surface area contributed by atoms with Gasteiger partial charge in [0.1, 0.15) is 6.10 Å². The maximum Gasteiger partial charge on any atom is 0.407 e. The summed E-state index contributed by atoms with van der Waals surface area (Å²) in [7, 11) is -4.03. The summed E-state index contributed by atoms with van der Waals surface area (Å²) >= 11 is 0. The lowest BCUT2D eigenvalue weighted by molar-refractivity contribution is 0.0771. The fourth-order valence-corrected chi connectivity index (χ4v) is 4.53. The minimum absolute atomic E-state index is 0.0953. The molecule has 1 aliphatic rings. The van der Waals surface area contributed by atoms with Crippen molar-refractivity contribution >= 4 is 16.2 Å². The number of carbonyl (C=O) groups is 1. The smallest absolute Gasteiger partial charge is 0.407 e. The number of nitrogens with zero attached hydrogens (tertiary/aromatic N) is 1. The van der Waals surface area contributed by atoms with Crippen LogP contribution in [0.2, 0.25) is 0 Å². The molecular weight excluding hydrogens is 404 g/mol. The van der Waals surface area contributed by atoms with Gasteiger partial charge in [0.25, 0.3) is 10.1 Å². The molecule has 2 aromatic carbocycles. The Balaban J connectivity index is 2.20. The van der Waals surface area contributed by atoms with Crippen LogP contribution in [-0.2, 0) is 14.3 Å². The molecule has 0 saturated carbocycles. The quantitative estimate of drug-likeness (QED) is 0.715. The molecule has 1 amide bonds. The highest BCUT2D eigenvalue weighted by atomic mass is 32.2. The zero-order valence-electron chi connectivity index (χ0n) is 15.7.